The smallest absolute Gasteiger partial charge is 0.262 e. The molecular weight excluding hydrogens is 402 g/mol. The summed E-state index contributed by atoms with van der Waals surface area (Å²) in [5.74, 6) is -0.477. The highest BCUT2D eigenvalue weighted by atomic mass is 79.9. The number of hydrogen-bond donors (Lipinski definition) is 2. The van der Waals surface area contributed by atoms with Gasteiger partial charge in [0.05, 0.1) is 8.66 Å². The zero-order valence-electron chi connectivity index (χ0n) is 14.1. The largest absolute Gasteiger partial charge is 0.371 e. The summed E-state index contributed by atoms with van der Waals surface area (Å²) in [4.78, 5) is 27.4. The standard InChI is InChI=1S/C18H20BrN3O2S/c1-3-22-9-8-12-4-5-13(10-14(12)22)21-17(23)11(2)20-18(24)15-6-7-16(19)25-15/h4-7,10-11H,3,8-9H2,1-2H3,(H,20,24)(H,21,23). The van der Waals surface area contributed by atoms with Gasteiger partial charge in [0.25, 0.3) is 5.91 Å². The van der Waals surface area contributed by atoms with Crippen LogP contribution in [0.25, 0.3) is 0 Å². The predicted molar refractivity (Wildman–Crippen MR) is 106 cm³/mol. The lowest BCUT2D eigenvalue weighted by Gasteiger charge is -2.18. The average Bonchev–Trinajstić information content (AvgIpc) is 3.20. The van der Waals surface area contributed by atoms with E-state index < -0.39 is 6.04 Å². The van der Waals surface area contributed by atoms with Crippen LogP contribution in [-0.4, -0.2) is 30.9 Å². The summed E-state index contributed by atoms with van der Waals surface area (Å²) in [6.07, 6.45) is 1.04. The molecule has 5 nitrogen and oxygen atoms in total. The molecule has 1 aliphatic heterocycles. The van der Waals surface area contributed by atoms with Gasteiger partial charge in [-0.05, 0) is 66.0 Å². The molecule has 1 aromatic heterocycles. The number of amides is 2. The lowest BCUT2D eigenvalue weighted by Crippen LogP contribution is -2.41. The van der Waals surface area contributed by atoms with Crippen LogP contribution in [0.2, 0.25) is 0 Å². The molecule has 25 heavy (non-hydrogen) atoms. The lowest BCUT2D eigenvalue weighted by atomic mass is 10.1. The van der Waals surface area contributed by atoms with Crippen LogP contribution in [0.5, 0.6) is 0 Å². The number of carbonyl (C=O) groups is 2. The fourth-order valence-electron chi connectivity index (χ4n) is 2.87. The first kappa shape index (κ1) is 17.9. The van der Waals surface area contributed by atoms with Crippen LogP contribution in [0.15, 0.2) is 34.1 Å². The number of anilines is 2. The average molecular weight is 422 g/mol. The number of hydrogen-bond acceptors (Lipinski definition) is 4. The highest BCUT2D eigenvalue weighted by Crippen LogP contribution is 2.30. The van der Waals surface area contributed by atoms with Gasteiger partial charge >= 0.3 is 0 Å². The van der Waals surface area contributed by atoms with E-state index in [1.807, 2.05) is 18.2 Å². The summed E-state index contributed by atoms with van der Waals surface area (Å²) in [6.45, 7) is 5.78. The van der Waals surface area contributed by atoms with Gasteiger partial charge in [-0.3, -0.25) is 9.59 Å². The Hall–Kier alpha value is -1.86. The third-order valence-electron chi connectivity index (χ3n) is 4.26. The van der Waals surface area contributed by atoms with Crippen LogP contribution < -0.4 is 15.5 Å². The SMILES string of the molecule is CCN1CCc2ccc(NC(=O)C(C)NC(=O)c3ccc(Br)s3)cc21. The maximum Gasteiger partial charge on any atom is 0.262 e. The van der Waals surface area contributed by atoms with Crippen molar-refractivity contribution in [2.75, 3.05) is 23.3 Å². The van der Waals surface area contributed by atoms with Gasteiger partial charge in [0.2, 0.25) is 5.91 Å². The molecule has 1 unspecified atom stereocenters. The van der Waals surface area contributed by atoms with Gasteiger partial charge in [-0.2, -0.15) is 0 Å². The number of likely N-dealkylation sites (N-methyl/N-ethyl adjacent to an activating group) is 1. The van der Waals surface area contributed by atoms with E-state index in [1.165, 1.54) is 22.6 Å². The number of thiophene rings is 1. The molecule has 1 aliphatic rings. The predicted octanol–water partition coefficient (Wildman–Crippen LogP) is 3.65. The Morgan fingerprint density at radius 1 is 1.32 bits per heavy atom. The number of nitrogens with one attached hydrogen (secondary N) is 2. The summed E-state index contributed by atoms with van der Waals surface area (Å²) in [5, 5.41) is 5.62. The van der Waals surface area contributed by atoms with Crippen LogP contribution in [0, 0.1) is 0 Å². The van der Waals surface area contributed by atoms with E-state index in [2.05, 4.69) is 44.5 Å². The van der Waals surface area contributed by atoms with Crippen molar-refractivity contribution in [3.8, 4) is 0 Å². The minimum Gasteiger partial charge on any atom is -0.371 e. The number of rotatable bonds is 5. The summed E-state index contributed by atoms with van der Waals surface area (Å²) < 4.78 is 0.883. The minimum absolute atomic E-state index is 0.232. The third-order valence-corrected chi connectivity index (χ3v) is 5.89. The maximum absolute atomic E-state index is 12.4. The van der Waals surface area contributed by atoms with Crippen LogP contribution in [0.4, 0.5) is 11.4 Å². The Kier molecular flexibility index (Phi) is 5.44. The fraction of sp³-hybridized carbons (Fsp3) is 0.333. The van der Waals surface area contributed by atoms with E-state index >= 15 is 0 Å². The molecule has 0 fully saturated rings. The van der Waals surface area contributed by atoms with Crippen LogP contribution in [0.1, 0.15) is 29.1 Å². The quantitative estimate of drug-likeness (QED) is 0.774. The molecule has 2 aromatic rings. The van der Waals surface area contributed by atoms with Gasteiger partial charge in [-0.25, -0.2) is 0 Å². The van der Waals surface area contributed by atoms with Gasteiger partial charge in [-0.1, -0.05) is 6.07 Å². The molecule has 0 bridgehead atoms. The lowest BCUT2D eigenvalue weighted by molar-refractivity contribution is -0.117. The molecule has 2 heterocycles. The third kappa shape index (κ3) is 4.04. The number of nitrogens with zero attached hydrogens (tertiary/aromatic N) is 1. The molecule has 1 atom stereocenters. The minimum atomic E-state index is -0.621. The Balaban J connectivity index is 1.63. The number of halogens is 1. The first-order chi connectivity index (χ1) is 12.0. The first-order valence-corrected chi connectivity index (χ1v) is 9.84. The van der Waals surface area contributed by atoms with Gasteiger partial charge in [0.15, 0.2) is 0 Å². The summed E-state index contributed by atoms with van der Waals surface area (Å²) in [5.41, 5.74) is 3.24. The molecule has 7 heteroatoms. The molecule has 1 aromatic carbocycles. The van der Waals surface area contributed by atoms with E-state index in [0.717, 1.165) is 29.0 Å². The van der Waals surface area contributed by atoms with Crippen molar-refractivity contribution in [3.05, 3.63) is 44.6 Å². The molecule has 132 valence electrons. The second-order valence-electron chi connectivity index (χ2n) is 5.96. The highest BCUT2D eigenvalue weighted by Gasteiger charge is 2.20. The monoisotopic (exact) mass is 421 g/mol. The highest BCUT2D eigenvalue weighted by molar-refractivity contribution is 9.11. The molecule has 0 saturated heterocycles. The van der Waals surface area contributed by atoms with Crippen molar-refractivity contribution in [2.45, 2.75) is 26.3 Å². The number of benzene rings is 1. The van der Waals surface area contributed by atoms with Crippen molar-refractivity contribution in [1.29, 1.82) is 0 Å². The molecule has 0 saturated carbocycles. The van der Waals surface area contributed by atoms with Crippen molar-refractivity contribution in [3.63, 3.8) is 0 Å². The maximum atomic E-state index is 12.4. The Labute approximate surface area is 159 Å². The van der Waals surface area contributed by atoms with Gasteiger partial charge in [0, 0.05) is 24.5 Å². The van der Waals surface area contributed by atoms with Gasteiger partial charge in [0.1, 0.15) is 6.04 Å². The van der Waals surface area contributed by atoms with E-state index in [1.54, 1.807) is 13.0 Å². The molecule has 2 amide bonds. The Morgan fingerprint density at radius 3 is 2.80 bits per heavy atom. The summed E-state index contributed by atoms with van der Waals surface area (Å²) >= 11 is 4.67. The van der Waals surface area contributed by atoms with Gasteiger partial charge in [-0.15, -0.1) is 11.3 Å². The summed E-state index contributed by atoms with van der Waals surface area (Å²) in [7, 11) is 0. The van der Waals surface area contributed by atoms with E-state index in [9.17, 15) is 9.59 Å². The number of carbonyl (C=O) groups excluding carboxylic acids is 2. The van der Waals surface area contributed by atoms with Crippen molar-refractivity contribution in [1.82, 2.24) is 5.32 Å². The van der Waals surface area contributed by atoms with Crippen LogP contribution in [-0.2, 0) is 11.2 Å². The van der Waals surface area contributed by atoms with E-state index in [0.29, 0.717) is 4.88 Å². The van der Waals surface area contributed by atoms with Crippen LogP contribution in [0.3, 0.4) is 0 Å². The first-order valence-electron chi connectivity index (χ1n) is 8.23. The van der Waals surface area contributed by atoms with E-state index in [4.69, 9.17) is 0 Å². The zero-order valence-corrected chi connectivity index (χ0v) is 16.5. The molecule has 0 aliphatic carbocycles. The molecule has 3 rings (SSSR count). The van der Waals surface area contributed by atoms with Gasteiger partial charge < -0.3 is 15.5 Å². The fourth-order valence-corrected chi connectivity index (χ4v) is 4.16. The number of fused-ring (bicyclic) bond motifs is 1. The topological polar surface area (TPSA) is 61.4 Å². The molecule has 2 N–H and O–H groups in total. The summed E-state index contributed by atoms with van der Waals surface area (Å²) in [6, 6.07) is 8.91. The Morgan fingerprint density at radius 2 is 2.12 bits per heavy atom. The van der Waals surface area contributed by atoms with Crippen LogP contribution >= 0.6 is 27.3 Å². The second kappa shape index (κ2) is 7.58. The molecule has 0 spiro atoms. The normalized spacial score (nSPS) is 14.1. The molecule has 0 radical (unpaired) electrons. The van der Waals surface area contributed by atoms with Crippen molar-refractivity contribution < 1.29 is 9.59 Å². The second-order valence-corrected chi connectivity index (χ2v) is 8.42. The zero-order chi connectivity index (χ0) is 18.0. The van der Waals surface area contributed by atoms with Crippen molar-refractivity contribution in [2.24, 2.45) is 0 Å². The molecular formula is C18H20BrN3O2S. The Bertz CT molecular complexity index is 805. The van der Waals surface area contributed by atoms with E-state index in [-0.39, 0.29) is 11.8 Å². The van der Waals surface area contributed by atoms with Crippen molar-refractivity contribution >= 4 is 50.5 Å².